The molecule has 1 amide bonds. The lowest BCUT2D eigenvalue weighted by molar-refractivity contribution is 0.0958. The molecule has 3 N–H and O–H groups in total. The van der Waals surface area contributed by atoms with Gasteiger partial charge in [0, 0.05) is 10.6 Å². The fraction of sp³-hybridized carbons (Fsp3) is 0.105. The van der Waals surface area contributed by atoms with Gasteiger partial charge in [0.1, 0.15) is 17.2 Å². The van der Waals surface area contributed by atoms with E-state index in [9.17, 15) is 4.79 Å². The average Bonchev–Trinajstić information content (AvgIpc) is 3.00. The molecule has 0 radical (unpaired) electrons. The number of ether oxygens (including phenoxy) is 1. The molecule has 27 heavy (non-hydrogen) atoms. The van der Waals surface area contributed by atoms with Crippen molar-refractivity contribution in [3.05, 3.63) is 75.3 Å². The number of anilines is 1. The van der Waals surface area contributed by atoms with Crippen LogP contribution >= 0.6 is 22.9 Å². The van der Waals surface area contributed by atoms with E-state index in [2.05, 4.69) is 15.5 Å². The normalized spacial score (nSPS) is 10.9. The SMILES string of the molecule is Cc1nc(N)sc1C(=O)N/N=C\c1cccc(OCc2ccccc2Cl)c1. The molecule has 3 rings (SSSR count). The minimum Gasteiger partial charge on any atom is -0.489 e. The second-order valence-corrected chi connectivity index (χ2v) is 7.06. The number of nitrogens with two attached hydrogens (primary N) is 1. The lowest BCUT2D eigenvalue weighted by Gasteiger charge is -2.08. The minimum atomic E-state index is -0.343. The fourth-order valence-electron chi connectivity index (χ4n) is 2.31. The highest BCUT2D eigenvalue weighted by Crippen LogP contribution is 2.20. The van der Waals surface area contributed by atoms with Crippen LogP contribution in [0.15, 0.2) is 53.6 Å². The molecule has 0 bridgehead atoms. The first-order chi connectivity index (χ1) is 13.0. The average molecular weight is 401 g/mol. The van der Waals surface area contributed by atoms with Crippen LogP contribution in [0.5, 0.6) is 5.75 Å². The van der Waals surface area contributed by atoms with Gasteiger partial charge in [0.25, 0.3) is 5.91 Å². The highest BCUT2D eigenvalue weighted by atomic mass is 35.5. The molecule has 0 saturated carbocycles. The van der Waals surface area contributed by atoms with Gasteiger partial charge in [-0.25, -0.2) is 10.4 Å². The Morgan fingerprint density at radius 3 is 2.89 bits per heavy atom. The number of nitrogen functional groups attached to an aromatic ring is 1. The number of carbonyl (C=O) groups is 1. The van der Waals surface area contributed by atoms with Gasteiger partial charge < -0.3 is 10.5 Å². The Balaban J connectivity index is 1.60. The Morgan fingerprint density at radius 2 is 2.15 bits per heavy atom. The lowest BCUT2D eigenvalue weighted by atomic mass is 10.2. The number of nitrogens with one attached hydrogen (secondary N) is 1. The van der Waals surface area contributed by atoms with Crippen molar-refractivity contribution >= 4 is 40.2 Å². The van der Waals surface area contributed by atoms with Crippen molar-refractivity contribution in [2.75, 3.05) is 5.73 Å². The number of aryl methyl sites for hydroxylation is 1. The van der Waals surface area contributed by atoms with E-state index in [1.807, 2.05) is 48.5 Å². The maximum absolute atomic E-state index is 12.1. The lowest BCUT2D eigenvalue weighted by Crippen LogP contribution is -2.17. The highest BCUT2D eigenvalue weighted by Gasteiger charge is 2.13. The van der Waals surface area contributed by atoms with E-state index in [0.29, 0.717) is 33.1 Å². The van der Waals surface area contributed by atoms with Gasteiger partial charge in [-0.05, 0) is 30.7 Å². The van der Waals surface area contributed by atoms with Crippen molar-refractivity contribution in [1.82, 2.24) is 10.4 Å². The Bertz CT molecular complexity index is 987. The van der Waals surface area contributed by atoms with Crippen LogP contribution in [0.4, 0.5) is 5.13 Å². The third-order valence-corrected chi connectivity index (χ3v) is 4.96. The van der Waals surface area contributed by atoms with Crippen LogP contribution in [0.1, 0.15) is 26.5 Å². The fourth-order valence-corrected chi connectivity index (χ4v) is 3.22. The first-order valence-electron chi connectivity index (χ1n) is 8.05. The number of halogens is 1. The topological polar surface area (TPSA) is 89.6 Å². The Kier molecular flexibility index (Phi) is 6.05. The summed E-state index contributed by atoms with van der Waals surface area (Å²) in [5.41, 5.74) is 10.3. The minimum absolute atomic E-state index is 0.343. The zero-order valence-electron chi connectivity index (χ0n) is 14.5. The molecule has 3 aromatic rings. The summed E-state index contributed by atoms with van der Waals surface area (Å²) < 4.78 is 5.77. The second-order valence-electron chi connectivity index (χ2n) is 5.62. The number of benzene rings is 2. The molecule has 0 aliphatic heterocycles. The zero-order valence-corrected chi connectivity index (χ0v) is 16.1. The number of hydrogen-bond acceptors (Lipinski definition) is 6. The number of nitrogens with zero attached hydrogens (tertiary/aromatic N) is 2. The summed E-state index contributed by atoms with van der Waals surface area (Å²) in [6.45, 7) is 2.09. The molecule has 8 heteroatoms. The molecule has 0 unspecified atom stereocenters. The van der Waals surface area contributed by atoms with Crippen LogP contribution in [-0.2, 0) is 6.61 Å². The van der Waals surface area contributed by atoms with Crippen molar-refractivity contribution in [2.24, 2.45) is 5.10 Å². The van der Waals surface area contributed by atoms with Crippen LogP contribution in [0.25, 0.3) is 0 Å². The summed E-state index contributed by atoms with van der Waals surface area (Å²) in [7, 11) is 0. The van der Waals surface area contributed by atoms with E-state index < -0.39 is 0 Å². The first kappa shape index (κ1) is 18.9. The van der Waals surface area contributed by atoms with Crippen molar-refractivity contribution in [3.63, 3.8) is 0 Å². The number of hydrazone groups is 1. The van der Waals surface area contributed by atoms with Crippen molar-refractivity contribution in [1.29, 1.82) is 0 Å². The highest BCUT2D eigenvalue weighted by molar-refractivity contribution is 7.17. The van der Waals surface area contributed by atoms with Gasteiger partial charge >= 0.3 is 0 Å². The van der Waals surface area contributed by atoms with Gasteiger partial charge in [-0.3, -0.25) is 4.79 Å². The van der Waals surface area contributed by atoms with Crippen LogP contribution in [-0.4, -0.2) is 17.1 Å². The Labute approximate surface area is 165 Å². The molecule has 0 saturated heterocycles. The summed E-state index contributed by atoms with van der Waals surface area (Å²) in [6.07, 6.45) is 1.54. The Morgan fingerprint density at radius 1 is 1.33 bits per heavy atom. The number of rotatable bonds is 6. The van der Waals surface area contributed by atoms with Crippen LogP contribution in [0.2, 0.25) is 5.02 Å². The van der Waals surface area contributed by atoms with Crippen molar-refractivity contribution in [2.45, 2.75) is 13.5 Å². The molecule has 0 spiro atoms. The molecule has 2 aromatic carbocycles. The second kappa shape index (κ2) is 8.66. The van der Waals surface area contributed by atoms with Crippen molar-refractivity contribution in [3.8, 4) is 5.75 Å². The molecule has 0 fully saturated rings. The third-order valence-electron chi connectivity index (χ3n) is 3.61. The number of amides is 1. The van der Waals surface area contributed by atoms with E-state index in [-0.39, 0.29) is 5.91 Å². The predicted octanol–water partition coefficient (Wildman–Crippen LogP) is 4.03. The van der Waals surface area contributed by atoms with Gasteiger partial charge in [-0.15, -0.1) is 0 Å². The summed E-state index contributed by atoms with van der Waals surface area (Å²) >= 11 is 7.26. The monoisotopic (exact) mass is 400 g/mol. The van der Waals surface area contributed by atoms with Crippen LogP contribution in [0.3, 0.4) is 0 Å². The predicted molar refractivity (Wildman–Crippen MR) is 109 cm³/mol. The number of thiazole rings is 1. The van der Waals surface area contributed by atoms with E-state index >= 15 is 0 Å². The molecule has 0 atom stereocenters. The molecule has 6 nitrogen and oxygen atoms in total. The molecule has 1 aromatic heterocycles. The summed E-state index contributed by atoms with van der Waals surface area (Å²) in [5.74, 6) is 0.334. The Hall–Kier alpha value is -2.90. The van der Waals surface area contributed by atoms with Gasteiger partial charge in [-0.1, -0.05) is 53.3 Å². The molecule has 138 valence electrons. The van der Waals surface area contributed by atoms with Crippen molar-refractivity contribution < 1.29 is 9.53 Å². The summed E-state index contributed by atoms with van der Waals surface area (Å²) in [6, 6.07) is 14.9. The van der Waals surface area contributed by atoms with Gasteiger partial charge in [0.2, 0.25) is 0 Å². The largest absolute Gasteiger partial charge is 0.489 e. The van der Waals surface area contributed by atoms with Gasteiger partial charge in [0.05, 0.1) is 11.9 Å². The summed E-state index contributed by atoms with van der Waals surface area (Å²) in [4.78, 5) is 16.5. The van der Waals surface area contributed by atoms with Crippen LogP contribution in [0, 0.1) is 6.92 Å². The molecular formula is C19H17ClN4O2S. The smallest absolute Gasteiger partial charge is 0.283 e. The zero-order chi connectivity index (χ0) is 19.2. The van der Waals surface area contributed by atoms with E-state index in [1.54, 1.807) is 13.1 Å². The molecule has 1 heterocycles. The number of aromatic nitrogens is 1. The quantitative estimate of drug-likeness (QED) is 0.483. The summed E-state index contributed by atoms with van der Waals surface area (Å²) in [5, 5.41) is 4.99. The number of carbonyl (C=O) groups excluding carboxylic acids is 1. The first-order valence-corrected chi connectivity index (χ1v) is 9.25. The third kappa shape index (κ3) is 5.06. The maximum atomic E-state index is 12.1. The van der Waals surface area contributed by atoms with E-state index in [1.165, 1.54) is 0 Å². The molecule has 0 aliphatic rings. The molecular weight excluding hydrogens is 384 g/mol. The molecule has 0 aliphatic carbocycles. The van der Waals surface area contributed by atoms with Gasteiger partial charge in [-0.2, -0.15) is 5.10 Å². The maximum Gasteiger partial charge on any atom is 0.283 e. The van der Waals surface area contributed by atoms with E-state index in [4.69, 9.17) is 22.1 Å². The van der Waals surface area contributed by atoms with Gasteiger partial charge in [0.15, 0.2) is 5.13 Å². The number of hydrogen-bond donors (Lipinski definition) is 2. The standard InChI is InChI=1S/C19H17ClN4O2S/c1-12-17(27-19(21)23-12)18(25)24-22-10-13-5-4-7-15(9-13)26-11-14-6-2-3-8-16(14)20/h2-10H,11H2,1H3,(H2,21,23)(H,24,25)/b22-10-. The van der Waals surface area contributed by atoms with Crippen LogP contribution < -0.4 is 15.9 Å². The van der Waals surface area contributed by atoms with E-state index in [0.717, 1.165) is 22.5 Å².